The number of alkyl halides is 1. The van der Waals surface area contributed by atoms with E-state index in [1.54, 1.807) is 0 Å². The summed E-state index contributed by atoms with van der Waals surface area (Å²) in [6.45, 7) is 2.39. The number of halogens is 1. The molecule has 18 heteroatoms. The molecule has 3 N–H and O–H groups in total. The maximum absolute atomic E-state index is 13.1. The Labute approximate surface area is 240 Å². The number of rotatable bonds is 12. The third kappa shape index (κ3) is 7.73. The zero-order chi connectivity index (χ0) is 30.3. The fourth-order valence-electron chi connectivity index (χ4n) is 3.09. The van der Waals surface area contributed by atoms with Crippen LogP contribution in [0.4, 0.5) is 10.8 Å². The number of hydrogen-bond donors (Lipinski definition) is 3. The predicted molar refractivity (Wildman–Crippen MR) is 142 cm³/mol. The van der Waals surface area contributed by atoms with Crippen LogP contribution in [-0.2, 0) is 44.9 Å². The first-order valence-electron chi connectivity index (χ1n) is 11.5. The first-order valence-corrected chi connectivity index (χ1v) is 12.9. The molecule has 3 rings (SSSR count). The number of β-lactam (4-membered cyclic amide) rings is 1. The minimum atomic E-state index is -1.75. The summed E-state index contributed by atoms with van der Waals surface area (Å²) in [5, 5.41) is 23.1. The van der Waals surface area contributed by atoms with E-state index in [1.165, 1.54) is 43.5 Å². The molecule has 2 atom stereocenters. The molecule has 0 saturated carbocycles. The normalized spacial score (nSPS) is 16.5. The molecule has 0 unspecified atom stereocenters. The molecule has 218 valence electrons. The fraction of sp³-hybridized carbons (Fsp3) is 0.348. The van der Waals surface area contributed by atoms with Crippen molar-refractivity contribution in [2.45, 2.75) is 38.1 Å². The van der Waals surface area contributed by atoms with Crippen LogP contribution in [0.5, 0.6) is 0 Å². The number of ether oxygens (including phenoxy) is 2. The quantitative estimate of drug-likeness (QED) is 0.0755. The van der Waals surface area contributed by atoms with Crippen LogP contribution < -0.4 is 16.0 Å². The van der Waals surface area contributed by atoms with Gasteiger partial charge in [0, 0.05) is 17.5 Å². The number of carbonyl (C=O) groups is 5. The highest BCUT2D eigenvalue weighted by Crippen LogP contribution is 2.20. The number of esters is 2. The van der Waals surface area contributed by atoms with E-state index in [0.29, 0.717) is 5.56 Å². The number of aromatic nitrogens is 1. The minimum Gasteiger partial charge on any atom is -0.467 e. The SMILES string of the molecule is COC(=O)[C@@H]1NC(=O)[C@@H]1NC(=O)/C(=N\OC(C)(C)C(=O)OCc1ccc([N+](=O)[O-])cc1)c1csc(NC(=O)CCl)n1. The van der Waals surface area contributed by atoms with Gasteiger partial charge in [0.2, 0.25) is 17.4 Å². The number of non-ortho nitro benzene ring substituents is 1. The van der Waals surface area contributed by atoms with Crippen molar-refractivity contribution < 1.29 is 43.2 Å². The molecule has 1 aromatic heterocycles. The summed E-state index contributed by atoms with van der Waals surface area (Å²) in [5.41, 5.74) is -2.00. The van der Waals surface area contributed by atoms with Crippen LogP contribution in [0.15, 0.2) is 34.8 Å². The van der Waals surface area contributed by atoms with E-state index < -0.39 is 58.0 Å². The molecule has 16 nitrogen and oxygen atoms in total. The van der Waals surface area contributed by atoms with Crippen molar-refractivity contribution in [3.05, 3.63) is 51.0 Å². The number of methoxy groups -OCH3 is 1. The van der Waals surface area contributed by atoms with Crippen LogP contribution in [0, 0.1) is 10.1 Å². The molecule has 1 aliphatic heterocycles. The summed E-state index contributed by atoms with van der Waals surface area (Å²) >= 11 is 6.42. The van der Waals surface area contributed by atoms with Crippen molar-refractivity contribution in [3.8, 4) is 0 Å². The van der Waals surface area contributed by atoms with Gasteiger partial charge in [-0.2, -0.15) is 0 Å². The lowest BCUT2D eigenvalue weighted by Gasteiger charge is -2.34. The highest BCUT2D eigenvalue weighted by Gasteiger charge is 2.46. The zero-order valence-electron chi connectivity index (χ0n) is 21.7. The second-order valence-electron chi connectivity index (χ2n) is 8.72. The Morgan fingerprint density at radius 1 is 1.24 bits per heavy atom. The molecule has 2 heterocycles. The predicted octanol–water partition coefficient (Wildman–Crippen LogP) is 0.628. The highest BCUT2D eigenvalue weighted by molar-refractivity contribution is 7.14. The summed E-state index contributed by atoms with van der Waals surface area (Å²) in [4.78, 5) is 81.0. The van der Waals surface area contributed by atoms with E-state index in [1.807, 2.05) is 0 Å². The first-order chi connectivity index (χ1) is 19.4. The number of benzene rings is 1. The van der Waals surface area contributed by atoms with Gasteiger partial charge in [-0.1, -0.05) is 5.16 Å². The lowest BCUT2D eigenvalue weighted by molar-refractivity contribution is -0.384. The molecular weight excluding hydrogens is 588 g/mol. The second kappa shape index (κ2) is 13.1. The van der Waals surface area contributed by atoms with Crippen LogP contribution in [-0.4, -0.2) is 76.0 Å². The van der Waals surface area contributed by atoms with Crippen molar-refractivity contribution >= 4 is 69.1 Å². The Bertz CT molecular complexity index is 1390. The average Bonchev–Trinajstić information content (AvgIpc) is 3.40. The van der Waals surface area contributed by atoms with Crippen molar-refractivity contribution in [2.24, 2.45) is 5.16 Å². The van der Waals surface area contributed by atoms with E-state index in [2.05, 4.69) is 30.8 Å². The molecule has 0 aliphatic carbocycles. The smallest absolute Gasteiger partial charge is 0.353 e. The fourth-order valence-corrected chi connectivity index (χ4v) is 3.87. The van der Waals surface area contributed by atoms with Gasteiger partial charge >= 0.3 is 11.9 Å². The number of oxime groups is 1. The molecule has 1 saturated heterocycles. The third-order valence-corrected chi connectivity index (χ3v) is 6.36. The molecule has 0 radical (unpaired) electrons. The molecule has 1 aliphatic rings. The average molecular weight is 611 g/mol. The van der Waals surface area contributed by atoms with Crippen molar-refractivity contribution in [2.75, 3.05) is 18.3 Å². The van der Waals surface area contributed by atoms with Crippen LogP contribution in [0.25, 0.3) is 0 Å². The Kier molecular flexibility index (Phi) is 9.90. The Hall–Kier alpha value is -4.64. The van der Waals surface area contributed by atoms with Gasteiger partial charge in [0.1, 0.15) is 24.2 Å². The van der Waals surface area contributed by atoms with Gasteiger partial charge in [-0.05, 0) is 31.5 Å². The van der Waals surface area contributed by atoms with Gasteiger partial charge in [0.15, 0.2) is 16.9 Å². The topological polar surface area (TPSA) is 218 Å². The van der Waals surface area contributed by atoms with Crippen LogP contribution in [0.3, 0.4) is 0 Å². The third-order valence-electron chi connectivity index (χ3n) is 5.36. The number of nitrogens with zero attached hydrogens (tertiary/aromatic N) is 3. The van der Waals surface area contributed by atoms with Crippen molar-refractivity contribution in [3.63, 3.8) is 0 Å². The van der Waals surface area contributed by atoms with E-state index in [4.69, 9.17) is 21.2 Å². The molecule has 1 aromatic carbocycles. The van der Waals surface area contributed by atoms with Crippen molar-refractivity contribution in [1.29, 1.82) is 0 Å². The summed E-state index contributed by atoms with van der Waals surface area (Å²) in [7, 11) is 1.11. The number of anilines is 1. The highest BCUT2D eigenvalue weighted by atomic mass is 35.5. The van der Waals surface area contributed by atoms with E-state index in [-0.39, 0.29) is 29.0 Å². The number of nitro groups is 1. The van der Waals surface area contributed by atoms with Gasteiger partial charge in [-0.25, -0.2) is 14.6 Å². The molecular formula is C23H23ClN6O10S. The molecule has 1 fully saturated rings. The summed E-state index contributed by atoms with van der Waals surface area (Å²) in [5.74, 6) is -4.23. The number of nitro benzene ring substituents is 1. The first kappa shape index (κ1) is 30.9. The maximum atomic E-state index is 13.1. The lowest BCUT2D eigenvalue weighted by atomic mass is 9.99. The van der Waals surface area contributed by atoms with Gasteiger partial charge < -0.3 is 30.3 Å². The van der Waals surface area contributed by atoms with E-state index >= 15 is 0 Å². The van der Waals surface area contributed by atoms with Crippen LogP contribution in [0.1, 0.15) is 25.1 Å². The largest absolute Gasteiger partial charge is 0.467 e. The Morgan fingerprint density at radius 2 is 1.93 bits per heavy atom. The van der Waals surface area contributed by atoms with Gasteiger partial charge in [0.05, 0.1) is 12.0 Å². The monoisotopic (exact) mass is 610 g/mol. The standard InChI is InChI=1S/C23H23ClN6O10S/c1-23(2,21(35)39-9-11-4-6-12(7-5-11)30(36)37)40-29-15(13-10-41-22(25-13)26-14(31)8-24)18(32)27-16-17(20(34)38-3)28-19(16)33/h4-7,10,16-17H,8-9H2,1-3H3,(H,27,32)(H,28,33)(H,25,26,31)/b29-15-/t16-,17-/m1/s1. The Morgan fingerprint density at radius 3 is 2.51 bits per heavy atom. The van der Waals surface area contributed by atoms with E-state index in [0.717, 1.165) is 18.4 Å². The molecule has 41 heavy (non-hydrogen) atoms. The second-order valence-corrected chi connectivity index (χ2v) is 9.85. The lowest BCUT2D eigenvalue weighted by Crippen LogP contribution is -2.72. The van der Waals surface area contributed by atoms with Gasteiger partial charge in [-0.15, -0.1) is 22.9 Å². The Balaban J connectivity index is 1.78. The number of thiazole rings is 1. The zero-order valence-corrected chi connectivity index (χ0v) is 23.2. The van der Waals surface area contributed by atoms with Gasteiger partial charge in [-0.3, -0.25) is 24.5 Å². The van der Waals surface area contributed by atoms with Crippen LogP contribution >= 0.6 is 22.9 Å². The molecule has 0 spiro atoms. The molecule has 3 amide bonds. The number of amides is 3. The molecule has 2 aromatic rings. The summed E-state index contributed by atoms with van der Waals surface area (Å²) in [6, 6.07) is 2.92. The minimum absolute atomic E-state index is 0.0711. The summed E-state index contributed by atoms with van der Waals surface area (Å²) in [6.07, 6.45) is 0. The van der Waals surface area contributed by atoms with Crippen molar-refractivity contribution in [1.82, 2.24) is 15.6 Å². The molecule has 0 bridgehead atoms. The number of nitrogens with one attached hydrogen (secondary N) is 3. The maximum Gasteiger partial charge on any atom is 0.353 e. The van der Waals surface area contributed by atoms with Gasteiger partial charge in [0.25, 0.3) is 11.6 Å². The number of carbonyl (C=O) groups excluding carboxylic acids is 5. The van der Waals surface area contributed by atoms with E-state index in [9.17, 15) is 34.1 Å². The van der Waals surface area contributed by atoms with Crippen LogP contribution in [0.2, 0.25) is 0 Å². The number of hydrogen-bond acceptors (Lipinski definition) is 13. The summed E-state index contributed by atoms with van der Waals surface area (Å²) < 4.78 is 9.83.